The van der Waals surface area contributed by atoms with Crippen LogP contribution in [0.1, 0.15) is 33.6 Å². The highest BCUT2D eigenvalue weighted by Gasteiger charge is 2.20. The lowest BCUT2D eigenvalue weighted by atomic mass is 10.0. The summed E-state index contributed by atoms with van der Waals surface area (Å²) in [5, 5.41) is 7.53. The van der Waals surface area contributed by atoms with Gasteiger partial charge in [0.2, 0.25) is 0 Å². The zero-order chi connectivity index (χ0) is 18.9. The second-order valence-electron chi connectivity index (χ2n) is 7.43. The molecular weight excluding hydrogens is 348 g/mol. The minimum Gasteiger partial charge on any atom is -0.487 e. The molecule has 0 amide bonds. The van der Waals surface area contributed by atoms with Crippen molar-refractivity contribution in [2.24, 2.45) is 10.9 Å². The van der Waals surface area contributed by atoms with E-state index in [0.717, 1.165) is 37.8 Å². The van der Waals surface area contributed by atoms with Crippen molar-refractivity contribution < 1.29 is 4.74 Å². The largest absolute Gasteiger partial charge is 0.487 e. The van der Waals surface area contributed by atoms with Crippen molar-refractivity contribution in [3.8, 4) is 5.75 Å². The molecule has 6 heteroatoms. The van der Waals surface area contributed by atoms with Crippen LogP contribution in [0, 0.1) is 5.92 Å². The normalized spacial score (nSPS) is 18.0. The summed E-state index contributed by atoms with van der Waals surface area (Å²) in [4.78, 5) is 6.90. The summed E-state index contributed by atoms with van der Waals surface area (Å²) in [6, 6.07) is 8.02. The number of likely N-dealkylation sites (tertiary alicyclic amines) is 1. The second kappa shape index (κ2) is 10.6. The number of benzene rings is 1. The Hall–Kier alpha value is -1.46. The number of guanidine groups is 1. The summed E-state index contributed by atoms with van der Waals surface area (Å²) in [5.74, 6) is 2.28. The van der Waals surface area contributed by atoms with E-state index < -0.39 is 0 Å². The molecule has 0 spiro atoms. The third-order valence-corrected chi connectivity index (χ3v) is 4.81. The highest BCUT2D eigenvalue weighted by molar-refractivity contribution is 6.32. The maximum absolute atomic E-state index is 6.14. The van der Waals surface area contributed by atoms with Crippen molar-refractivity contribution in [3.05, 3.63) is 29.3 Å². The van der Waals surface area contributed by atoms with Gasteiger partial charge < -0.3 is 20.3 Å². The van der Waals surface area contributed by atoms with Crippen molar-refractivity contribution in [2.45, 2.75) is 45.8 Å². The van der Waals surface area contributed by atoms with E-state index in [9.17, 15) is 0 Å². The molecule has 0 aromatic heterocycles. The molecule has 1 aliphatic rings. The maximum atomic E-state index is 6.14. The Morgan fingerprint density at radius 2 is 1.96 bits per heavy atom. The SMILES string of the molecule is CN=C(NCC(C)Oc1ccccc1Cl)NC1CCN(CC(C)C)CC1. The Labute approximate surface area is 163 Å². The van der Waals surface area contributed by atoms with Gasteiger partial charge in [0.25, 0.3) is 0 Å². The van der Waals surface area contributed by atoms with Gasteiger partial charge in [-0.15, -0.1) is 0 Å². The third kappa shape index (κ3) is 7.04. The minimum absolute atomic E-state index is 0.0126. The van der Waals surface area contributed by atoms with E-state index >= 15 is 0 Å². The number of ether oxygens (including phenoxy) is 1. The van der Waals surface area contributed by atoms with E-state index in [1.807, 2.05) is 38.2 Å². The van der Waals surface area contributed by atoms with Crippen LogP contribution in [0.5, 0.6) is 5.75 Å². The third-order valence-electron chi connectivity index (χ3n) is 4.50. The summed E-state index contributed by atoms with van der Waals surface area (Å²) in [6.07, 6.45) is 2.29. The average Bonchev–Trinajstić information content (AvgIpc) is 2.61. The quantitative estimate of drug-likeness (QED) is 0.562. The standard InChI is InChI=1S/C20H33ClN4O/c1-15(2)14-25-11-9-17(10-12-25)24-20(22-4)23-13-16(3)26-19-8-6-5-7-18(19)21/h5-8,15-17H,9-14H2,1-4H3,(H2,22,23,24). The molecule has 1 aromatic carbocycles. The highest BCUT2D eigenvalue weighted by Crippen LogP contribution is 2.24. The van der Waals surface area contributed by atoms with E-state index in [-0.39, 0.29) is 6.10 Å². The molecule has 2 rings (SSSR count). The Kier molecular flexibility index (Phi) is 8.52. The summed E-state index contributed by atoms with van der Waals surface area (Å²) < 4.78 is 5.90. The first-order valence-corrected chi connectivity index (χ1v) is 9.96. The van der Waals surface area contributed by atoms with Crippen LogP contribution in [0.4, 0.5) is 0 Å². The molecule has 0 saturated carbocycles. The van der Waals surface area contributed by atoms with Crippen molar-refractivity contribution in [1.29, 1.82) is 0 Å². The number of halogens is 1. The van der Waals surface area contributed by atoms with E-state index in [4.69, 9.17) is 16.3 Å². The number of hydrogen-bond acceptors (Lipinski definition) is 3. The topological polar surface area (TPSA) is 48.9 Å². The van der Waals surface area contributed by atoms with Crippen LogP contribution in [0.15, 0.2) is 29.3 Å². The molecule has 1 saturated heterocycles. The minimum atomic E-state index is -0.0126. The Morgan fingerprint density at radius 3 is 2.58 bits per heavy atom. The molecule has 146 valence electrons. The molecule has 1 heterocycles. The summed E-state index contributed by atoms with van der Waals surface area (Å²) in [7, 11) is 1.81. The van der Waals surface area contributed by atoms with Crippen LogP contribution in [-0.4, -0.2) is 56.2 Å². The fourth-order valence-electron chi connectivity index (χ4n) is 3.20. The number of para-hydroxylation sites is 1. The molecule has 1 fully saturated rings. The van der Waals surface area contributed by atoms with Crippen LogP contribution in [0.3, 0.4) is 0 Å². The molecule has 0 aliphatic carbocycles. The number of rotatable bonds is 7. The summed E-state index contributed by atoms with van der Waals surface area (Å²) in [6.45, 7) is 10.7. The first-order valence-electron chi connectivity index (χ1n) is 9.58. The van der Waals surface area contributed by atoms with Crippen LogP contribution >= 0.6 is 11.6 Å². The fourth-order valence-corrected chi connectivity index (χ4v) is 3.38. The number of nitrogens with one attached hydrogen (secondary N) is 2. The van der Waals surface area contributed by atoms with Crippen molar-refractivity contribution in [2.75, 3.05) is 33.2 Å². The van der Waals surface area contributed by atoms with Crippen molar-refractivity contribution in [1.82, 2.24) is 15.5 Å². The van der Waals surface area contributed by atoms with Crippen LogP contribution in [0.25, 0.3) is 0 Å². The lowest BCUT2D eigenvalue weighted by Gasteiger charge is -2.34. The van der Waals surface area contributed by atoms with Gasteiger partial charge in [-0.05, 0) is 37.8 Å². The molecule has 5 nitrogen and oxygen atoms in total. The molecule has 1 aromatic rings. The molecule has 1 aliphatic heterocycles. The smallest absolute Gasteiger partial charge is 0.191 e. The van der Waals surface area contributed by atoms with Gasteiger partial charge in [-0.1, -0.05) is 37.6 Å². The number of aliphatic imine (C=N–C) groups is 1. The van der Waals surface area contributed by atoms with Gasteiger partial charge in [0.15, 0.2) is 5.96 Å². The van der Waals surface area contributed by atoms with E-state index in [1.165, 1.54) is 6.54 Å². The lowest BCUT2D eigenvalue weighted by molar-refractivity contribution is 0.186. The van der Waals surface area contributed by atoms with Crippen molar-refractivity contribution in [3.63, 3.8) is 0 Å². The molecule has 1 atom stereocenters. The molecule has 2 N–H and O–H groups in total. The Morgan fingerprint density at radius 1 is 1.27 bits per heavy atom. The average molecular weight is 381 g/mol. The first-order chi connectivity index (χ1) is 12.5. The number of nitrogens with zero attached hydrogens (tertiary/aromatic N) is 2. The van der Waals surface area contributed by atoms with Gasteiger partial charge in [-0.3, -0.25) is 4.99 Å². The molecule has 0 radical (unpaired) electrons. The van der Waals surface area contributed by atoms with E-state index in [1.54, 1.807) is 0 Å². The molecular formula is C20H33ClN4O. The lowest BCUT2D eigenvalue weighted by Crippen LogP contribution is -2.50. The van der Waals surface area contributed by atoms with Gasteiger partial charge in [0.1, 0.15) is 11.9 Å². The monoisotopic (exact) mass is 380 g/mol. The van der Waals surface area contributed by atoms with Crippen LogP contribution < -0.4 is 15.4 Å². The van der Waals surface area contributed by atoms with Gasteiger partial charge in [0, 0.05) is 32.7 Å². The van der Waals surface area contributed by atoms with E-state index in [2.05, 4.69) is 34.4 Å². The molecule has 26 heavy (non-hydrogen) atoms. The van der Waals surface area contributed by atoms with Gasteiger partial charge in [-0.2, -0.15) is 0 Å². The first kappa shape index (κ1) is 20.8. The molecule has 0 bridgehead atoms. The predicted molar refractivity (Wildman–Crippen MR) is 110 cm³/mol. The van der Waals surface area contributed by atoms with Gasteiger partial charge >= 0.3 is 0 Å². The number of hydrogen-bond donors (Lipinski definition) is 2. The van der Waals surface area contributed by atoms with Crippen LogP contribution in [-0.2, 0) is 0 Å². The summed E-state index contributed by atoms with van der Waals surface area (Å²) in [5.41, 5.74) is 0. The second-order valence-corrected chi connectivity index (χ2v) is 7.83. The van der Waals surface area contributed by atoms with Crippen molar-refractivity contribution >= 4 is 17.6 Å². The summed E-state index contributed by atoms with van der Waals surface area (Å²) >= 11 is 6.14. The van der Waals surface area contributed by atoms with Gasteiger partial charge in [-0.25, -0.2) is 0 Å². The Balaban J connectivity index is 1.72. The van der Waals surface area contributed by atoms with Gasteiger partial charge in [0.05, 0.1) is 11.6 Å². The predicted octanol–water partition coefficient (Wildman–Crippen LogP) is 3.39. The highest BCUT2D eigenvalue weighted by atomic mass is 35.5. The van der Waals surface area contributed by atoms with Crippen LogP contribution in [0.2, 0.25) is 5.02 Å². The fraction of sp³-hybridized carbons (Fsp3) is 0.650. The zero-order valence-corrected chi connectivity index (χ0v) is 17.2. The Bertz CT molecular complexity index is 571. The molecule has 1 unspecified atom stereocenters. The zero-order valence-electron chi connectivity index (χ0n) is 16.5. The maximum Gasteiger partial charge on any atom is 0.191 e. The number of piperidine rings is 1. The van der Waals surface area contributed by atoms with E-state index in [0.29, 0.717) is 23.4 Å².